The van der Waals surface area contributed by atoms with Crippen molar-refractivity contribution in [1.29, 1.82) is 0 Å². The summed E-state index contributed by atoms with van der Waals surface area (Å²) in [6.07, 6.45) is 4.80. The van der Waals surface area contributed by atoms with Crippen LogP contribution in [-0.4, -0.2) is 12.7 Å². The Balaban J connectivity index is 2.00. The number of hydrogen-bond donors (Lipinski definition) is 0. The van der Waals surface area contributed by atoms with E-state index in [4.69, 9.17) is 4.74 Å². The van der Waals surface area contributed by atoms with Crippen molar-refractivity contribution in [2.24, 2.45) is 0 Å². The number of benzene rings is 1. The number of hydrogen-bond acceptors (Lipinski definition) is 1. The molecule has 0 heterocycles. The lowest BCUT2D eigenvalue weighted by atomic mass is 9.76. The molecule has 0 amide bonds. The normalized spacial score (nSPS) is 20.7. The van der Waals surface area contributed by atoms with Crippen LogP contribution in [0.25, 0.3) is 0 Å². The fourth-order valence-electron chi connectivity index (χ4n) is 2.17. The second-order valence-corrected chi connectivity index (χ2v) is 5.43. The van der Waals surface area contributed by atoms with Crippen molar-refractivity contribution in [1.82, 2.24) is 0 Å². The summed E-state index contributed by atoms with van der Waals surface area (Å²) >= 11 is 3.76. The maximum absolute atomic E-state index is 5.64. The van der Waals surface area contributed by atoms with E-state index >= 15 is 0 Å². The third kappa shape index (κ3) is 2.43. The molecular formula is C13H17BrO. The number of alkyl halides is 1. The molecule has 1 aromatic rings. The van der Waals surface area contributed by atoms with Crippen LogP contribution in [0.3, 0.4) is 0 Å². The minimum atomic E-state index is 0.143. The van der Waals surface area contributed by atoms with Crippen LogP contribution in [0.1, 0.15) is 36.1 Å². The Bertz CT molecular complexity index is 300. The van der Waals surface area contributed by atoms with Gasteiger partial charge in [-0.2, -0.15) is 0 Å². The molecule has 0 bridgehead atoms. The van der Waals surface area contributed by atoms with E-state index in [1.54, 1.807) is 0 Å². The third-order valence-corrected chi connectivity index (χ3v) is 4.26. The summed E-state index contributed by atoms with van der Waals surface area (Å²) in [4.78, 5) is 0.416. The lowest BCUT2D eigenvalue weighted by Crippen LogP contribution is -2.39. The minimum Gasteiger partial charge on any atom is -0.378 e. The van der Waals surface area contributed by atoms with Crippen molar-refractivity contribution in [3.05, 3.63) is 35.9 Å². The van der Waals surface area contributed by atoms with Gasteiger partial charge >= 0.3 is 0 Å². The predicted octanol–water partition coefficient (Wildman–Crippen LogP) is 4.08. The molecule has 2 heteroatoms. The van der Waals surface area contributed by atoms with E-state index in [-0.39, 0.29) is 5.60 Å². The summed E-state index contributed by atoms with van der Waals surface area (Å²) in [6.45, 7) is 0. The van der Waals surface area contributed by atoms with Gasteiger partial charge in [-0.05, 0) is 31.2 Å². The largest absolute Gasteiger partial charge is 0.378 e. The van der Waals surface area contributed by atoms with Gasteiger partial charge in [0.1, 0.15) is 0 Å². The van der Waals surface area contributed by atoms with Crippen LogP contribution < -0.4 is 0 Å². The predicted molar refractivity (Wildman–Crippen MR) is 66.3 cm³/mol. The third-order valence-electron chi connectivity index (χ3n) is 3.41. The molecule has 0 aliphatic heterocycles. The van der Waals surface area contributed by atoms with Crippen LogP contribution in [0.5, 0.6) is 0 Å². The maximum Gasteiger partial charge on any atom is 0.0692 e. The molecule has 1 aliphatic carbocycles. The van der Waals surface area contributed by atoms with Crippen LogP contribution >= 0.6 is 15.9 Å². The lowest BCUT2D eigenvalue weighted by molar-refractivity contribution is -0.0773. The first-order chi connectivity index (χ1) is 7.26. The highest BCUT2D eigenvalue weighted by atomic mass is 79.9. The molecule has 1 saturated carbocycles. The van der Waals surface area contributed by atoms with Crippen molar-refractivity contribution >= 4 is 15.9 Å². The molecule has 1 aliphatic rings. The van der Waals surface area contributed by atoms with Gasteiger partial charge < -0.3 is 4.74 Å². The molecule has 0 aromatic heterocycles. The number of halogens is 1. The van der Waals surface area contributed by atoms with Gasteiger partial charge in [0.05, 0.1) is 5.60 Å². The molecule has 0 N–H and O–H groups in total. The van der Waals surface area contributed by atoms with Gasteiger partial charge in [0.25, 0.3) is 0 Å². The molecule has 2 rings (SSSR count). The van der Waals surface area contributed by atoms with Crippen LogP contribution in [0, 0.1) is 0 Å². The van der Waals surface area contributed by atoms with E-state index in [2.05, 4.69) is 46.3 Å². The van der Waals surface area contributed by atoms with Crippen LogP contribution in [0.4, 0.5) is 0 Å². The van der Waals surface area contributed by atoms with Crippen LogP contribution in [0.2, 0.25) is 0 Å². The molecule has 1 aromatic carbocycles. The molecule has 0 spiro atoms. The van der Waals surface area contributed by atoms with Crippen LogP contribution in [-0.2, 0) is 4.74 Å². The Morgan fingerprint density at radius 3 is 2.47 bits per heavy atom. The Kier molecular flexibility index (Phi) is 3.47. The first-order valence-electron chi connectivity index (χ1n) is 5.50. The van der Waals surface area contributed by atoms with Gasteiger partial charge in [-0.15, -0.1) is 0 Å². The summed E-state index contributed by atoms with van der Waals surface area (Å²) in [6, 6.07) is 10.6. The molecular weight excluding hydrogens is 252 g/mol. The van der Waals surface area contributed by atoms with Crippen molar-refractivity contribution < 1.29 is 4.74 Å². The van der Waals surface area contributed by atoms with Crippen molar-refractivity contribution in [3.63, 3.8) is 0 Å². The van der Waals surface area contributed by atoms with E-state index < -0.39 is 0 Å². The second-order valence-electron chi connectivity index (χ2n) is 4.32. The first kappa shape index (κ1) is 11.2. The van der Waals surface area contributed by atoms with E-state index in [0.29, 0.717) is 4.83 Å². The van der Waals surface area contributed by atoms with Crippen molar-refractivity contribution in [2.45, 2.75) is 36.1 Å². The van der Waals surface area contributed by atoms with E-state index in [1.807, 2.05) is 7.11 Å². The number of methoxy groups -OCH3 is 1. The zero-order valence-corrected chi connectivity index (χ0v) is 10.7. The Morgan fingerprint density at radius 1 is 1.33 bits per heavy atom. The number of ether oxygens (including phenoxy) is 1. The topological polar surface area (TPSA) is 9.23 Å². The molecule has 82 valence electrons. The van der Waals surface area contributed by atoms with Gasteiger partial charge in [0, 0.05) is 11.9 Å². The highest BCUT2D eigenvalue weighted by Crippen LogP contribution is 2.44. The highest BCUT2D eigenvalue weighted by molar-refractivity contribution is 9.09. The molecule has 1 atom stereocenters. The summed E-state index contributed by atoms with van der Waals surface area (Å²) < 4.78 is 5.64. The average molecular weight is 269 g/mol. The number of rotatable bonds is 4. The van der Waals surface area contributed by atoms with Crippen molar-refractivity contribution in [3.8, 4) is 0 Å². The molecule has 1 nitrogen and oxygen atoms in total. The minimum absolute atomic E-state index is 0.143. The van der Waals surface area contributed by atoms with Crippen LogP contribution in [0.15, 0.2) is 30.3 Å². The summed E-state index contributed by atoms with van der Waals surface area (Å²) in [7, 11) is 1.84. The molecule has 15 heavy (non-hydrogen) atoms. The summed E-state index contributed by atoms with van der Waals surface area (Å²) in [5.74, 6) is 0. The summed E-state index contributed by atoms with van der Waals surface area (Å²) in [5.41, 5.74) is 1.49. The molecule has 0 radical (unpaired) electrons. The van der Waals surface area contributed by atoms with E-state index in [9.17, 15) is 0 Å². The summed E-state index contributed by atoms with van der Waals surface area (Å²) in [5, 5.41) is 0. The zero-order chi connectivity index (χ0) is 10.7. The Hall–Kier alpha value is -0.340. The fourth-order valence-corrected chi connectivity index (χ4v) is 3.06. The molecule has 0 saturated heterocycles. The van der Waals surface area contributed by atoms with E-state index in [0.717, 1.165) is 6.42 Å². The SMILES string of the molecule is COC1(CC(Br)c2ccccc2)CCC1. The van der Waals surface area contributed by atoms with Gasteiger partial charge in [0.15, 0.2) is 0 Å². The smallest absolute Gasteiger partial charge is 0.0692 e. The van der Waals surface area contributed by atoms with Gasteiger partial charge in [-0.25, -0.2) is 0 Å². The second kappa shape index (κ2) is 4.67. The quantitative estimate of drug-likeness (QED) is 0.748. The standard InChI is InChI=1S/C13H17BrO/c1-15-13(8-5-9-13)10-12(14)11-6-3-2-4-7-11/h2-4,6-7,12H,5,8-10H2,1H3. The zero-order valence-electron chi connectivity index (χ0n) is 9.08. The van der Waals surface area contributed by atoms with Gasteiger partial charge in [0.2, 0.25) is 0 Å². The Labute approximate surface area is 100.0 Å². The molecule has 1 unspecified atom stereocenters. The van der Waals surface area contributed by atoms with Gasteiger partial charge in [-0.1, -0.05) is 46.3 Å². The van der Waals surface area contributed by atoms with E-state index in [1.165, 1.54) is 24.8 Å². The lowest BCUT2D eigenvalue weighted by Gasteiger charge is -2.42. The highest BCUT2D eigenvalue weighted by Gasteiger charge is 2.38. The Morgan fingerprint density at radius 2 is 2.00 bits per heavy atom. The average Bonchev–Trinajstić information content (AvgIpc) is 2.24. The maximum atomic E-state index is 5.64. The van der Waals surface area contributed by atoms with Gasteiger partial charge in [-0.3, -0.25) is 0 Å². The fraction of sp³-hybridized carbons (Fsp3) is 0.538. The first-order valence-corrected chi connectivity index (χ1v) is 6.41. The van der Waals surface area contributed by atoms with Crippen molar-refractivity contribution in [2.75, 3.05) is 7.11 Å². The molecule has 1 fully saturated rings. The monoisotopic (exact) mass is 268 g/mol.